The highest BCUT2D eigenvalue weighted by Gasteiger charge is 2.17. The van der Waals surface area contributed by atoms with E-state index in [-0.39, 0.29) is 18.3 Å². The molecule has 2 N–H and O–H groups in total. The molecular formula is C20H24ClN5O. The predicted molar refractivity (Wildman–Crippen MR) is 108 cm³/mol. The number of carbonyl (C=O) groups excluding carboxylic acids is 1. The first kappa shape index (κ1) is 20.6. The van der Waals surface area contributed by atoms with Gasteiger partial charge in [0.25, 0.3) is 5.91 Å². The van der Waals surface area contributed by atoms with Crippen LogP contribution in [0.25, 0.3) is 5.69 Å². The fourth-order valence-corrected chi connectivity index (χ4v) is 2.92. The van der Waals surface area contributed by atoms with Crippen LogP contribution in [0.5, 0.6) is 0 Å². The van der Waals surface area contributed by atoms with E-state index in [0.29, 0.717) is 25.2 Å². The summed E-state index contributed by atoms with van der Waals surface area (Å²) in [5.41, 5.74) is 9.42. The molecule has 0 bridgehead atoms. The third-order valence-corrected chi connectivity index (χ3v) is 4.32. The zero-order chi connectivity index (χ0) is 18.4. The lowest BCUT2D eigenvalue weighted by Gasteiger charge is -2.23. The minimum Gasteiger partial charge on any atom is -0.337 e. The lowest BCUT2D eigenvalue weighted by molar-refractivity contribution is 0.0761. The molecule has 3 rings (SSSR count). The molecule has 6 nitrogen and oxygen atoms in total. The summed E-state index contributed by atoms with van der Waals surface area (Å²) in [5, 5.41) is 4.12. The van der Waals surface area contributed by atoms with Crippen LogP contribution in [0.15, 0.2) is 61.2 Å². The predicted octanol–water partition coefficient (Wildman–Crippen LogP) is 2.64. The molecule has 0 fully saturated rings. The number of rotatable bonds is 7. The second-order valence-corrected chi connectivity index (χ2v) is 6.16. The van der Waals surface area contributed by atoms with Crippen LogP contribution in [0.1, 0.15) is 21.5 Å². The quantitative estimate of drug-likeness (QED) is 0.678. The Hall–Kier alpha value is -2.70. The molecule has 142 valence electrons. The summed E-state index contributed by atoms with van der Waals surface area (Å²) in [5.74, 6) is 0.00835. The maximum atomic E-state index is 13.0. The third kappa shape index (κ3) is 5.15. The van der Waals surface area contributed by atoms with E-state index < -0.39 is 0 Å². The van der Waals surface area contributed by atoms with Crippen LogP contribution < -0.4 is 5.73 Å². The Morgan fingerprint density at radius 1 is 1.15 bits per heavy atom. The van der Waals surface area contributed by atoms with E-state index in [4.69, 9.17) is 5.73 Å². The number of benzene rings is 2. The van der Waals surface area contributed by atoms with Gasteiger partial charge < -0.3 is 10.6 Å². The molecule has 0 saturated heterocycles. The van der Waals surface area contributed by atoms with Crippen molar-refractivity contribution in [2.45, 2.75) is 13.3 Å². The van der Waals surface area contributed by atoms with Crippen molar-refractivity contribution in [3.63, 3.8) is 0 Å². The fourth-order valence-electron chi connectivity index (χ4n) is 2.92. The van der Waals surface area contributed by atoms with Crippen molar-refractivity contribution in [1.29, 1.82) is 0 Å². The summed E-state index contributed by atoms with van der Waals surface area (Å²) in [7, 11) is 0. The van der Waals surface area contributed by atoms with E-state index in [1.165, 1.54) is 11.9 Å². The highest BCUT2D eigenvalue weighted by molar-refractivity contribution is 5.96. The second kappa shape index (κ2) is 9.85. The standard InChI is InChI=1S/C20H23N5O.ClH/c1-16-13-18(25-15-22-14-23-25)7-8-19(16)20(26)24(12-10-21)11-9-17-5-3-2-4-6-17;/h2-8,13-15H,9-12,21H2,1H3;1H. The molecule has 0 aliphatic carbocycles. The number of amides is 1. The van der Waals surface area contributed by atoms with Gasteiger partial charge in [-0.05, 0) is 42.7 Å². The number of hydrogen-bond acceptors (Lipinski definition) is 4. The summed E-state index contributed by atoms with van der Waals surface area (Å²) in [4.78, 5) is 18.8. The van der Waals surface area contributed by atoms with Crippen molar-refractivity contribution >= 4 is 18.3 Å². The largest absolute Gasteiger partial charge is 0.337 e. The summed E-state index contributed by atoms with van der Waals surface area (Å²) in [6.07, 6.45) is 3.93. The topological polar surface area (TPSA) is 77.0 Å². The highest BCUT2D eigenvalue weighted by atomic mass is 35.5. The van der Waals surface area contributed by atoms with Crippen LogP contribution in [0, 0.1) is 6.92 Å². The van der Waals surface area contributed by atoms with Crippen LogP contribution in [0.2, 0.25) is 0 Å². The molecule has 3 aromatic rings. The Balaban J connectivity index is 0.00000261. The Kier molecular flexibility index (Phi) is 7.52. The first-order valence-electron chi connectivity index (χ1n) is 8.68. The van der Waals surface area contributed by atoms with Gasteiger partial charge >= 0.3 is 0 Å². The van der Waals surface area contributed by atoms with Gasteiger partial charge in [-0.1, -0.05) is 30.3 Å². The Morgan fingerprint density at radius 3 is 2.56 bits per heavy atom. The zero-order valence-corrected chi connectivity index (χ0v) is 16.1. The number of aromatic nitrogens is 3. The molecule has 0 aliphatic rings. The van der Waals surface area contributed by atoms with Crippen molar-refractivity contribution in [3.8, 4) is 5.69 Å². The van der Waals surface area contributed by atoms with Gasteiger partial charge in [0, 0.05) is 25.2 Å². The van der Waals surface area contributed by atoms with E-state index in [1.54, 1.807) is 11.0 Å². The molecule has 0 atom stereocenters. The van der Waals surface area contributed by atoms with E-state index in [1.807, 2.05) is 48.2 Å². The molecular weight excluding hydrogens is 362 g/mol. The Bertz CT molecular complexity index is 852. The van der Waals surface area contributed by atoms with Crippen LogP contribution in [0.4, 0.5) is 0 Å². The highest BCUT2D eigenvalue weighted by Crippen LogP contribution is 2.16. The number of nitrogens with zero attached hydrogens (tertiary/aromatic N) is 4. The summed E-state index contributed by atoms with van der Waals surface area (Å²) in [6, 6.07) is 15.8. The number of nitrogens with two attached hydrogens (primary N) is 1. The smallest absolute Gasteiger partial charge is 0.254 e. The van der Waals surface area contributed by atoms with Gasteiger partial charge in [-0.2, -0.15) is 5.10 Å². The van der Waals surface area contributed by atoms with E-state index >= 15 is 0 Å². The molecule has 7 heteroatoms. The van der Waals surface area contributed by atoms with Crippen molar-refractivity contribution in [1.82, 2.24) is 19.7 Å². The van der Waals surface area contributed by atoms with E-state index in [0.717, 1.165) is 17.7 Å². The van der Waals surface area contributed by atoms with Gasteiger partial charge in [-0.15, -0.1) is 12.4 Å². The molecule has 1 aromatic heterocycles. The molecule has 0 radical (unpaired) electrons. The van der Waals surface area contributed by atoms with Gasteiger partial charge in [0.2, 0.25) is 0 Å². The van der Waals surface area contributed by atoms with Crippen molar-refractivity contribution in [3.05, 3.63) is 77.9 Å². The van der Waals surface area contributed by atoms with Crippen LogP contribution >= 0.6 is 12.4 Å². The first-order valence-corrected chi connectivity index (χ1v) is 8.68. The molecule has 0 spiro atoms. The summed E-state index contributed by atoms with van der Waals surface area (Å²) >= 11 is 0. The monoisotopic (exact) mass is 385 g/mol. The van der Waals surface area contributed by atoms with Crippen LogP contribution in [-0.2, 0) is 6.42 Å². The Labute approximate surface area is 165 Å². The maximum Gasteiger partial charge on any atom is 0.254 e. The number of hydrogen-bond donors (Lipinski definition) is 1. The minimum atomic E-state index is 0. The SMILES string of the molecule is Cc1cc(-n2cncn2)ccc1C(=O)N(CCN)CCc1ccccc1.Cl. The molecule has 0 saturated carbocycles. The minimum absolute atomic E-state index is 0. The summed E-state index contributed by atoms with van der Waals surface area (Å²) in [6.45, 7) is 3.56. The van der Waals surface area contributed by atoms with Crippen molar-refractivity contribution in [2.24, 2.45) is 5.73 Å². The maximum absolute atomic E-state index is 13.0. The Morgan fingerprint density at radius 2 is 1.93 bits per heavy atom. The lowest BCUT2D eigenvalue weighted by Crippen LogP contribution is -2.37. The van der Waals surface area contributed by atoms with Gasteiger partial charge in [-0.3, -0.25) is 4.79 Å². The van der Waals surface area contributed by atoms with Gasteiger partial charge in [0.05, 0.1) is 5.69 Å². The molecule has 1 heterocycles. The molecule has 27 heavy (non-hydrogen) atoms. The normalized spacial score (nSPS) is 10.3. The number of halogens is 1. The van der Waals surface area contributed by atoms with E-state index in [2.05, 4.69) is 22.2 Å². The number of aryl methyl sites for hydroxylation is 1. The van der Waals surface area contributed by atoms with Gasteiger partial charge in [-0.25, -0.2) is 9.67 Å². The molecule has 0 aliphatic heterocycles. The van der Waals surface area contributed by atoms with Crippen molar-refractivity contribution < 1.29 is 4.79 Å². The van der Waals surface area contributed by atoms with Gasteiger partial charge in [0.1, 0.15) is 12.7 Å². The van der Waals surface area contributed by atoms with Crippen LogP contribution in [0.3, 0.4) is 0 Å². The fraction of sp³-hybridized carbons (Fsp3) is 0.250. The number of carbonyl (C=O) groups is 1. The van der Waals surface area contributed by atoms with E-state index in [9.17, 15) is 4.79 Å². The average Bonchev–Trinajstić information content (AvgIpc) is 3.20. The van der Waals surface area contributed by atoms with Crippen LogP contribution in [-0.4, -0.2) is 45.2 Å². The summed E-state index contributed by atoms with van der Waals surface area (Å²) < 4.78 is 1.67. The second-order valence-electron chi connectivity index (χ2n) is 6.16. The average molecular weight is 386 g/mol. The van der Waals surface area contributed by atoms with Gasteiger partial charge in [0.15, 0.2) is 0 Å². The first-order chi connectivity index (χ1) is 12.7. The lowest BCUT2D eigenvalue weighted by atomic mass is 10.1. The zero-order valence-electron chi connectivity index (χ0n) is 15.3. The molecule has 1 amide bonds. The third-order valence-electron chi connectivity index (χ3n) is 4.32. The van der Waals surface area contributed by atoms with Crippen molar-refractivity contribution in [2.75, 3.05) is 19.6 Å². The molecule has 0 unspecified atom stereocenters. The molecule has 2 aromatic carbocycles.